The summed E-state index contributed by atoms with van der Waals surface area (Å²) < 4.78 is 0. The Labute approximate surface area is 120 Å². The third-order valence-electron chi connectivity index (χ3n) is 3.99. The Balaban J connectivity index is 2.12. The van der Waals surface area contributed by atoms with Gasteiger partial charge in [-0.15, -0.1) is 0 Å². The fraction of sp³-hybridized carbons (Fsp3) is 0.294. The van der Waals surface area contributed by atoms with Crippen molar-refractivity contribution in [3.8, 4) is 0 Å². The summed E-state index contributed by atoms with van der Waals surface area (Å²) in [7, 11) is 2.15. The number of nitrogens with zero attached hydrogens (tertiary/aromatic N) is 2. The third kappa shape index (κ3) is 2.14. The molecule has 0 saturated heterocycles. The van der Waals surface area contributed by atoms with Crippen LogP contribution in [0.15, 0.2) is 42.5 Å². The second kappa shape index (κ2) is 5.17. The van der Waals surface area contributed by atoms with Gasteiger partial charge >= 0.3 is 0 Å². The molecule has 3 heteroatoms. The lowest BCUT2D eigenvalue weighted by molar-refractivity contribution is 0.817. The van der Waals surface area contributed by atoms with Crippen molar-refractivity contribution >= 4 is 17.1 Å². The van der Waals surface area contributed by atoms with Crippen LogP contribution >= 0.6 is 0 Å². The minimum Gasteiger partial charge on any atom is -0.371 e. The van der Waals surface area contributed by atoms with Gasteiger partial charge in [-0.25, -0.2) is 0 Å². The maximum absolute atomic E-state index is 5.92. The van der Waals surface area contributed by atoms with Gasteiger partial charge in [-0.3, -0.25) is 0 Å². The fourth-order valence-corrected chi connectivity index (χ4v) is 2.85. The molecule has 0 amide bonds. The molecule has 2 aromatic rings. The molecule has 20 heavy (non-hydrogen) atoms. The molecule has 0 spiro atoms. The summed E-state index contributed by atoms with van der Waals surface area (Å²) in [6, 6.07) is 15.1. The monoisotopic (exact) mass is 267 g/mol. The summed E-state index contributed by atoms with van der Waals surface area (Å²) in [5.41, 5.74) is 12.2. The number of likely N-dealkylation sites (N-methyl/N-ethyl adjacent to an activating group) is 1. The summed E-state index contributed by atoms with van der Waals surface area (Å²) in [5, 5.41) is 0. The van der Waals surface area contributed by atoms with E-state index in [1.807, 2.05) is 0 Å². The van der Waals surface area contributed by atoms with Crippen molar-refractivity contribution in [2.24, 2.45) is 5.73 Å². The molecule has 0 bridgehead atoms. The lowest BCUT2D eigenvalue weighted by Gasteiger charge is -2.38. The highest BCUT2D eigenvalue weighted by Gasteiger charge is 2.22. The van der Waals surface area contributed by atoms with E-state index in [0.29, 0.717) is 6.54 Å². The largest absolute Gasteiger partial charge is 0.371 e. The maximum atomic E-state index is 5.92. The second-order valence-electron chi connectivity index (χ2n) is 5.40. The Bertz CT molecular complexity index is 621. The fourth-order valence-electron chi connectivity index (χ4n) is 2.85. The Morgan fingerprint density at radius 2 is 1.75 bits per heavy atom. The van der Waals surface area contributed by atoms with Crippen LogP contribution in [0.1, 0.15) is 11.1 Å². The Morgan fingerprint density at radius 1 is 1.00 bits per heavy atom. The van der Waals surface area contributed by atoms with E-state index in [0.717, 1.165) is 13.1 Å². The van der Waals surface area contributed by atoms with Crippen LogP contribution in [0, 0.1) is 6.92 Å². The first-order valence-electron chi connectivity index (χ1n) is 7.08. The number of anilines is 3. The van der Waals surface area contributed by atoms with E-state index in [9.17, 15) is 0 Å². The molecule has 0 aromatic heterocycles. The lowest BCUT2D eigenvalue weighted by atomic mass is 10.1. The summed E-state index contributed by atoms with van der Waals surface area (Å²) in [6.07, 6.45) is 0. The molecule has 3 nitrogen and oxygen atoms in total. The highest BCUT2D eigenvalue weighted by atomic mass is 15.3. The van der Waals surface area contributed by atoms with Gasteiger partial charge in [-0.1, -0.05) is 24.3 Å². The van der Waals surface area contributed by atoms with Crippen molar-refractivity contribution in [1.82, 2.24) is 0 Å². The molecule has 0 atom stereocenters. The first kappa shape index (κ1) is 13.0. The van der Waals surface area contributed by atoms with E-state index in [1.54, 1.807) is 0 Å². The zero-order valence-electron chi connectivity index (χ0n) is 12.1. The van der Waals surface area contributed by atoms with Crippen molar-refractivity contribution in [1.29, 1.82) is 0 Å². The maximum Gasteiger partial charge on any atom is 0.0649 e. The summed E-state index contributed by atoms with van der Waals surface area (Å²) in [5.74, 6) is 0. The Kier molecular flexibility index (Phi) is 3.36. The summed E-state index contributed by atoms with van der Waals surface area (Å²) in [6.45, 7) is 4.72. The normalized spacial score (nSPS) is 14.3. The summed E-state index contributed by atoms with van der Waals surface area (Å²) in [4.78, 5) is 4.70. The van der Waals surface area contributed by atoms with Crippen molar-refractivity contribution < 1.29 is 0 Å². The molecular weight excluding hydrogens is 246 g/mol. The Morgan fingerprint density at radius 3 is 2.50 bits per heavy atom. The molecule has 1 aliphatic heterocycles. The van der Waals surface area contributed by atoms with Crippen molar-refractivity contribution in [2.75, 3.05) is 29.9 Å². The zero-order valence-corrected chi connectivity index (χ0v) is 12.1. The van der Waals surface area contributed by atoms with Crippen LogP contribution in [0.5, 0.6) is 0 Å². The smallest absolute Gasteiger partial charge is 0.0649 e. The molecule has 1 aliphatic rings. The van der Waals surface area contributed by atoms with E-state index in [1.165, 1.54) is 28.2 Å². The molecule has 0 unspecified atom stereocenters. The number of fused-ring (bicyclic) bond motifs is 1. The number of para-hydroxylation sites is 2. The zero-order chi connectivity index (χ0) is 14.1. The van der Waals surface area contributed by atoms with Gasteiger partial charge in [0.15, 0.2) is 0 Å². The van der Waals surface area contributed by atoms with E-state index in [-0.39, 0.29) is 0 Å². The van der Waals surface area contributed by atoms with Crippen LogP contribution in [0.4, 0.5) is 17.1 Å². The van der Waals surface area contributed by atoms with Gasteiger partial charge < -0.3 is 15.5 Å². The first-order chi connectivity index (χ1) is 9.70. The van der Waals surface area contributed by atoms with E-state index >= 15 is 0 Å². The number of rotatable bonds is 2. The molecule has 2 N–H and O–H groups in total. The van der Waals surface area contributed by atoms with Crippen LogP contribution in [-0.2, 0) is 6.54 Å². The molecule has 3 rings (SSSR count). The van der Waals surface area contributed by atoms with Gasteiger partial charge in [-0.2, -0.15) is 0 Å². The molecule has 2 aromatic carbocycles. The third-order valence-corrected chi connectivity index (χ3v) is 3.99. The number of aryl methyl sites for hydroxylation is 1. The van der Waals surface area contributed by atoms with Crippen LogP contribution in [-0.4, -0.2) is 20.1 Å². The van der Waals surface area contributed by atoms with E-state index < -0.39 is 0 Å². The molecule has 1 heterocycles. The molecule has 0 aliphatic carbocycles. The minimum atomic E-state index is 0.574. The topological polar surface area (TPSA) is 32.5 Å². The standard InChI is InChI=1S/C17H21N3/c1-13-7-8-14(12-18)17(11-13)20-10-9-19(2)15-5-3-4-6-16(15)20/h3-8,11H,9-10,12,18H2,1-2H3. The average molecular weight is 267 g/mol. The lowest BCUT2D eigenvalue weighted by Crippen LogP contribution is -2.37. The molecule has 0 saturated carbocycles. The number of nitrogens with two attached hydrogens (primary N) is 1. The van der Waals surface area contributed by atoms with Crippen molar-refractivity contribution in [2.45, 2.75) is 13.5 Å². The second-order valence-corrected chi connectivity index (χ2v) is 5.40. The van der Waals surface area contributed by atoms with Gasteiger partial charge in [-0.05, 0) is 36.2 Å². The first-order valence-corrected chi connectivity index (χ1v) is 7.08. The van der Waals surface area contributed by atoms with Gasteiger partial charge in [0, 0.05) is 32.4 Å². The summed E-state index contributed by atoms with van der Waals surface area (Å²) >= 11 is 0. The van der Waals surface area contributed by atoms with Crippen LogP contribution in [0.2, 0.25) is 0 Å². The SMILES string of the molecule is Cc1ccc(CN)c(N2CCN(C)c3ccccc32)c1. The average Bonchev–Trinajstić information content (AvgIpc) is 2.48. The highest BCUT2D eigenvalue weighted by molar-refractivity contribution is 5.80. The molecule has 0 radical (unpaired) electrons. The van der Waals surface area contributed by atoms with Gasteiger partial charge in [0.2, 0.25) is 0 Å². The van der Waals surface area contributed by atoms with Crippen LogP contribution in [0.25, 0.3) is 0 Å². The van der Waals surface area contributed by atoms with Gasteiger partial charge in [0.25, 0.3) is 0 Å². The van der Waals surface area contributed by atoms with Crippen LogP contribution in [0.3, 0.4) is 0 Å². The predicted molar refractivity (Wildman–Crippen MR) is 85.8 cm³/mol. The number of benzene rings is 2. The van der Waals surface area contributed by atoms with Crippen molar-refractivity contribution in [3.63, 3.8) is 0 Å². The highest BCUT2D eigenvalue weighted by Crippen LogP contribution is 2.38. The molecule has 104 valence electrons. The van der Waals surface area contributed by atoms with E-state index in [2.05, 4.69) is 66.2 Å². The van der Waals surface area contributed by atoms with Gasteiger partial charge in [0.1, 0.15) is 0 Å². The van der Waals surface area contributed by atoms with Gasteiger partial charge in [0.05, 0.1) is 11.4 Å². The molecular formula is C17H21N3. The predicted octanol–water partition coefficient (Wildman–Crippen LogP) is 3.04. The van der Waals surface area contributed by atoms with E-state index in [4.69, 9.17) is 5.73 Å². The van der Waals surface area contributed by atoms with Crippen LogP contribution < -0.4 is 15.5 Å². The molecule has 0 fully saturated rings. The van der Waals surface area contributed by atoms with Crippen molar-refractivity contribution in [3.05, 3.63) is 53.6 Å². The number of hydrogen-bond acceptors (Lipinski definition) is 3. The minimum absolute atomic E-state index is 0.574. The number of hydrogen-bond donors (Lipinski definition) is 1. The Hall–Kier alpha value is -2.00. The quantitative estimate of drug-likeness (QED) is 0.907.